The molecule has 0 rings (SSSR count). The van der Waals surface area contributed by atoms with E-state index in [-0.39, 0.29) is 6.54 Å². The number of nitrogens with one attached hydrogen (secondary N) is 1. The molecule has 12 heavy (non-hydrogen) atoms. The smallest absolute Gasteiger partial charge is 0.225 e. The lowest BCUT2D eigenvalue weighted by Gasteiger charge is -2.01. The summed E-state index contributed by atoms with van der Waals surface area (Å²) in [5.41, 5.74) is 0. The number of rotatable bonds is 5. The van der Waals surface area contributed by atoms with Crippen LogP contribution in [-0.2, 0) is 20.0 Å². The van der Waals surface area contributed by atoms with Gasteiger partial charge in [0.2, 0.25) is 20.0 Å². The molecule has 0 saturated carbocycles. The Hall–Kier alpha value is 0.110. The molecule has 0 atom stereocenters. The summed E-state index contributed by atoms with van der Waals surface area (Å²) in [4.78, 5) is 0. The summed E-state index contributed by atoms with van der Waals surface area (Å²) in [6.07, 6.45) is 0. The molecule has 0 aliphatic carbocycles. The van der Waals surface area contributed by atoms with Gasteiger partial charge in [0, 0.05) is 6.54 Å². The van der Waals surface area contributed by atoms with Gasteiger partial charge in [-0.15, -0.1) is 11.6 Å². The van der Waals surface area contributed by atoms with Crippen LogP contribution >= 0.6 is 11.6 Å². The van der Waals surface area contributed by atoms with Gasteiger partial charge in [0.25, 0.3) is 0 Å². The molecule has 0 amide bonds. The number of halogens is 1. The Morgan fingerprint density at radius 2 is 1.75 bits per heavy atom. The molecule has 0 aromatic rings. The van der Waals surface area contributed by atoms with E-state index >= 15 is 0 Å². The number of sulfonamides is 2. The van der Waals surface area contributed by atoms with Gasteiger partial charge in [0.05, 0.1) is 5.75 Å². The Balaban J connectivity index is 3.89. The Morgan fingerprint density at radius 1 is 1.25 bits per heavy atom. The predicted molar refractivity (Wildman–Crippen MR) is 45.6 cm³/mol. The predicted octanol–water partition coefficient (Wildman–Crippen LogP) is -1.61. The molecule has 0 aromatic carbocycles. The summed E-state index contributed by atoms with van der Waals surface area (Å²) >= 11 is 5.01. The van der Waals surface area contributed by atoms with E-state index in [9.17, 15) is 16.8 Å². The second-order valence-electron chi connectivity index (χ2n) is 1.99. The zero-order valence-electron chi connectivity index (χ0n) is 6.03. The minimum absolute atomic E-state index is 0.256. The van der Waals surface area contributed by atoms with E-state index < -0.39 is 31.0 Å². The maximum Gasteiger partial charge on any atom is 0.225 e. The van der Waals surface area contributed by atoms with Gasteiger partial charge in [0.1, 0.15) is 5.21 Å². The molecule has 0 heterocycles. The van der Waals surface area contributed by atoms with Gasteiger partial charge in [-0.3, -0.25) is 0 Å². The van der Waals surface area contributed by atoms with E-state index in [4.69, 9.17) is 11.6 Å². The quantitative estimate of drug-likeness (QED) is 0.560. The van der Waals surface area contributed by atoms with Crippen molar-refractivity contribution in [2.45, 2.75) is 0 Å². The SMILES string of the molecule is NS(=O)(=O)CCNS(=O)(=O)CCl. The first-order chi connectivity index (χ1) is 5.27. The van der Waals surface area contributed by atoms with Crippen LogP contribution in [0.5, 0.6) is 0 Å². The van der Waals surface area contributed by atoms with Crippen LogP contribution in [0.25, 0.3) is 0 Å². The molecule has 0 bridgehead atoms. The molecule has 74 valence electrons. The second-order valence-corrected chi connectivity index (χ2v) is 6.11. The van der Waals surface area contributed by atoms with Gasteiger partial charge in [-0.05, 0) is 0 Å². The molecular weight excluding hydrogens is 228 g/mol. The molecule has 0 saturated heterocycles. The van der Waals surface area contributed by atoms with Crippen molar-refractivity contribution in [1.82, 2.24) is 4.72 Å². The highest BCUT2D eigenvalue weighted by molar-refractivity contribution is 7.91. The van der Waals surface area contributed by atoms with Crippen molar-refractivity contribution in [2.24, 2.45) is 5.14 Å². The van der Waals surface area contributed by atoms with Crippen LogP contribution in [0, 0.1) is 0 Å². The monoisotopic (exact) mass is 236 g/mol. The number of nitrogens with two attached hydrogens (primary N) is 1. The average Bonchev–Trinajstić information content (AvgIpc) is 1.84. The largest absolute Gasteiger partial charge is 0.229 e. The normalized spacial score (nSPS) is 13.2. The fourth-order valence-corrected chi connectivity index (χ4v) is 1.62. The van der Waals surface area contributed by atoms with Crippen LogP contribution in [0.15, 0.2) is 0 Å². The second kappa shape index (κ2) is 4.38. The van der Waals surface area contributed by atoms with Gasteiger partial charge in [-0.1, -0.05) is 0 Å². The van der Waals surface area contributed by atoms with Gasteiger partial charge < -0.3 is 0 Å². The lowest BCUT2D eigenvalue weighted by Crippen LogP contribution is -2.31. The highest BCUT2D eigenvalue weighted by Crippen LogP contribution is 1.87. The molecule has 0 unspecified atom stereocenters. The Bertz CT molecular complexity index is 320. The third-order valence-electron chi connectivity index (χ3n) is 0.852. The summed E-state index contributed by atoms with van der Waals surface area (Å²) in [5, 5.41) is 4.01. The third-order valence-corrected chi connectivity index (χ3v) is 3.42. The molecule has 6 nitrogen and oxygen atoms in total. The zero-order valence-corrected chi connectivity index (χ0v) is 8.42. The summed E-state index contributed by atoms with van der Waals surface area (Å²) < 4.78 is 43.8. The van der Waals surface area contributed by atoms with E-state index in [2.05, 4.69) is 5.14 Å². The van der Waals surface area contributed by atoms with Crippen molar-refractivity contribution in [3.8, 4) is 0 Å². The zero-order chi connectivity index (χ0) is 9.83. The standard InChI is InChI=1S/C3H9ClN2O4S2/c4-3-12(9,10)6-1-2-11(5,7)8/h6H,1-3H2,(H2,5,7,8). The molecule has 0 radical (unpaired) electrons. The van der Waals surface area contributed by atoms with Crippen LogP contribution in [-0.4, -0.2) is 34.3 Å². The molecule has 0 aliphatic rings. The summed E-state index contributed by atoms with van der Waals surface area (Å²) in [6.45, 7) is -0.256. The van der Waals surface area contributed by atoms with E-state index in [0.29, 0.717) is 0 Å². The molecular formula is C3H9ClN2O4S2. The highest BCUT2D eigenvalue weighted by atomic mass is 35.5. The summed E-state index contributed by atoms with van der Waals surface area (Å²) in [5.74, 6) is -0.441. The van der Waals surface area contributed by atoms with Gasteiger partial charge in [-0.2, -0.15) is 0 Å². The minimum atomic E-state index is -3.62. The van der Waals surface area contributed by atoms with Crippen molar-refractivity contribution < 1.29 is 16.8 Å². The van der Waals surface area contributed by atoms with Gasteiger partial charge in [0.15, 0.2) is 0 Å². The minimum Gasteiger partial charge on any atom is -0.229 e. The van der Waals surface area contributed by atoms with E-state index in [0.717, 1.165) is 0 Å². The van der Waals surface area contributed by atoms with E-state index in [1.165, 1.54) is 0 Å². The fourth-order valence-electron chi connectivity index (χ4n) is 0.378. The molecule has 9 heteroatoms. The summed E-state index contributed by atoms with van der Waals surface area (Å²) in [6, 6.07) is 0. The molecule has 0 spiro atoms. The molecule has 0 fully saturated rings. The van der Waals surface area contributed by atoms with Crippen molar-refractivity contribution in [1.29, 1.82) is 0 Å². The van der Waals surface area contributed by atoms with Crippen LogP contribution in [0.1, 0.15) is 0 Å². The van der Waals surface area contributed by atoms with Crippen molar-refractivity contribution in [3.63, 3.8) is 0 Å². The summed E-state index contributed by atoms with van der Waals surface area (Å²) in [7, 11) is -7.17. The Kier molecular flexibility index (Phi) is 4.42. The maximum absolute atomic E-state index is 10.6. The first-order valence-electron chi connectivity index (χ1n) is 2.80. The highest BCUT2D eigenvalue weighted by Gasteiger charge is 2.09. The molecule has 3 N–H and O–H groups in total. The first-order valence-corrected chi connectivity index (χ1v) is 6.71. The third kappa shape index (κ3) is 6.80. The lowest BCUT2D eigenvalue weighted by molar-refractivity contribution is 0.585. The van der Waals surface area contributed by atoms with Crippen molar-refractivity contribution >= 4 is 31.6 Å². The number of primary sulfonamides is 1. The van der Waals surface area contributed by atoms with Gasteiger partial charge >= 0.3 is 0 Å². The van der Waals surface area contributed by atoms with Gasteiger partial charge in [-0.25, -0.2) is 26.7 Å². The van der Waals surface area contributed by atoms with Crippen molar-refractivity contribution in [3.05, 3.63) is 0 Å². The first kappa shape index (κ1) is 12.1. The van der Waals surface area contributed by atoms with Crippen LogP contribution < -0.4 is 9.86 Å². The van der Waals surface area contributed by atoms with Crippen molar-refractivity contribution in [2.75, 3.05) is 17.5 Å². The van der Waals surface area contributed by atoms with Crippen LogP contribution in [0.4, 0.5) is 0 Å². The average molecular weight is 237 g/mol. The maximum atomic E-state index is 10.6. The lowest BCUT2D eigenvalue weighted by atomic mass is 10.8. The molecule has 0 aliphatic heterocycles. The Labute approximate surface area is 76.2 Å². The number of hydrogen-bond acceptors (Lipinski definition) is 4. The topological polar surface area (TPSA) is 106 Å². The number of hydrogen-bond donors (Lipinski definition) is 2. The van der Waals surface area contributed by atoms with E-state index in [1.54, 1.807) is 0 Å². The Morgan fingerprint density at radius 3 is 2.08 bits per heavy atom. The van der Waals surface area contributed by atoms with Crippen LogP contribution in [0.2, 0.25) is 0 Å². The fraction of sp³-hybridized carbons (Fsp3) is 1.00. The van der Waals surface area contributed by atoms with E-state index in [1.807, 2.05) is 4.72 Å². The molecule has 0 aromatic heterocycles. The van der Waals surface area contributed by atoms with Crippen LogP contribution in [0.3, 0.4) is 0 Å². The number of alkyl halides is 1.